The van der Waals surface area contributed by atoms with Crippen molar-refractivity contribution >= 4 is 15.9 Å². The molecule has 24 heavy (non-hydrogen) atoms. The van der Waals surface area contributed by atoms with Gasteiger partial charge in [0.15, 0.2) is 0 Å². The molecule has 0 aromatic heterocycles. The van der Waals surface area contributed by atoms with Crippen LogP contribution in [-0.2, 0) is 14.8 Å². The summed E-state index contributed by atoms with van der Waals surface area (Å²) in [5, 5.41) is 2.77. The van der Waals surface area contributed by atoms with Crippen molar-refractivity contribution in [2.45, 2.75) is 37.1 Å². The van der Waals surface area contributed by atoms with Gasteiger partial charge in [0, 0.05) is 31.3 Å². The van der Waals surface area contributed by atoms with E-state index < -0.39 is 15.6 Å². The monoisotopic (exact) mass is 357 g/mol. The first-order chi connectivity index (χ1) is 11.3. The van der Waals surface area contributed by atoms with Crippen LogP contribution in [-0.4, -0.2) is 46.7 Å². The fraction of sp³-hybridized carbons (Fsp3) is 0.562. The Morgan fingerprint density at radius 2 is 1.96 bits per heavy atom. The number of rotatable bonds is 10. The van der Waals surface area contributed by atoms with Gasteiger partial charge in [-0.1, -0.05) is 19.9 Å². The smallest absolute Gasteiger partial charge is 0.251 e. The second-order valence-electron chi connectivity index (χ2n) is 5.67. The Balaban J connectivity index is 2.82. The Hall–Kier alpha value is -1.48. The maximum Gasteiger partial charge on any atom is 0.251 e. The summed E-state index contributed by atoms with van der Waals surface area (Å²) < 4.78 is 31.6. The van der Waals surface area contributed by atoms with Crippen LogP contribution >= 0.6 is 0 Å². The molecule has 1 aromatic rings. The van der Waals surface area contributed by atoms with Gasteiger partial charge < -0.3 is 15.8 Å². The topological polar surface area (TPSA) is 111 Å². The molecule has 0 aliphatic heterocycles. The van der Waals surface area contributed by atoms with E-state index in [0.717, 1.165) is 12.8 Å². The van der Waals surface area contributed by atoms with Crippen LogP contribution in [0.3, 0.4) is 0 Å². The van der Waals surface area contributed by atoms with Crippen LogP contribution in [0.25, 0.3) is 0 Å². The number of carbonyl (C=O) groups excluding carboxylic acids is 1. The number of ether oxygens (including phenoxy) is 1. The highest BCUT2D eigenvalue weighted by molar-refractivity contribution is 7.89. The van der Waals surface area contributed by atoms with Gasteiger partial charge >= 0.3 is 0 Å². The van der Waals surface area contributed by atoms with Gasteiger partial charge in [0.2, 0.25) is 10.0 Å². The number of nitrogens with one attached hydrogen (secondary N) is 2. The molecular formula is C16H27N3O4S. The zero-order valence-electron chi connectivity index (χ0n) is 14.5. The maximum atomic E-state index is 12.3. The third kappa shape index (κ3) is 5.86. The van der Waals surface area contributed by atoms with Gasteiger partial charge in [-0.3, -0.25) is 4.79 Å². The van der Waals surface area contributed by atoms with Crippen LogP contribution in [0.2, 0.25) is 0 Å². The van der Waals surface area contributed by atoms with Crippen molar-refractivity contribution in [1.29, 1.82) is 0 Å². The molecule has 0 fully saturated rings. The number of benzene rings is 1. The summed E-state index contributed by atoms with van der Waals surface area (Å²) in [6, 6.07) is 5.90. The van der Waals surface area contributed by atoms with Crippen molar-refractivity contribution < 1.29 is 17.9 Å². The second kappa shape index (κ2) is 9.12. The summed E-state index contributed by atoms with van der Waals surface area (Å²) >= 11 is 0. The molecule has 0 unspecified atom stereocenters. The van der Waals surface area contributed by atoms with Crippen molar-refractivity contribution in [3.05, 3.63) is 29.8 Å². The average Bonchev–Trinajstić information content (AvgIpc) is 2.59. The molecule has 0 saturated carbocycles. The van der Waals surface area contributed by atoms with E-state index in [4.69, 9.17) is 10.5 Å². The second-order valence-corrected chi connectivity index (χ2v) is 7.44. The largest absolute Gasteiger partial charge is 0.383 e. The molecule has 0 aliphatic rings. The Bertz CT molecular complexity index is 642. The van der Waals surface area contributed by atoms with Crippen molar-refractivity contribution in [2.75, 3.05) is 26.8 Å². The fourth-order valence-electron chi connectivity index (χ4n) is 2.02. The predicted octanol–water partition coefficient (Wildman–Crippen LogP) is 0.859. The quantitative estimate of drug-likeness (QED) is 0.538. The number of nitrogens with two attached hydrogens (primary N) is 1. The third-order valence-electron chi connectivity index (χ3n) is 4.01. The summed E-state index contributed by atoms with van der Waals surface area (Å²) in [4.78, 5) is 12.3. The molecule has 0 radical (unpaired) electrons. The highest BCUT2D eigenvalue weighted by atomic mass is 32.2. The van der Waals surface area contributed by atoms with Crippen LogP contribution in [0.1, 0.15) is 37.0 Å². The number of methoxy groups -OCH3 is 1. The SMILES string of the molecule is CCC(N)(CC)CNC(=O)c1cccc(S(=O)(=O)NCCOC)c1. The van der Waals surface area contributed by atoms with E-state index in [-0.39, 0.29) is 29.5 Å². The molecule has 0 aliphatic carbocycles. The molecule has 136 valence electrons. The summed E-state index contributed by atoms with van der Waals surface area (Å²) in [6.07, 6.45) is 1.48. The summed E-state index contributed by atoms with van der Waals surface area (Å²) in [6.45, 7) is 4.70. The van der Waals surface area contributed by atoms with E-state index in [0.29, 0.717) is 6.54 Å². The minimum absolute atomic E-state index is 0.0382. The number of sulfonamides is 1. The molecule has 0 spiro atoms. The molecule has 1 rings (SSSR count). The lowest BCUT2D eigenvalue weighted by Gasteiger charge is -2.26. The van der Waals surface area contributed by atoms with Crippen LogP contribution in [0, 0.1) is 0 Å². The molecular weight excluding hydrogens is 330 g/mol. The molecule has 0 heterocycles. The van der Waals surface area contributed by atoms with E-state index in [9.17, 15) is 13.2 Å². The van der Waals surface area contributed by atoms with Crippen molar-refractivity contribution in [2.24, 2.45) is 5.73 Å². The number of carbonyl (C=O) groups is 1. The van der Waals surface area contributed by atoms with Crippen molar-refractivity contribution in [3.8, 4) is 0 Å². The lowest BCUT2D eigenvalue weighted by molar-refractivity contribution is 0.0942. The van der Waals surface area contributed by atoms with Crippen LogP contribution in [0.15, 0.2) is 29.2 Å². The van der Waals surface area contributed by atoms with E-state index in [1.165, 1.54) is 25.3 Å². The standard InChI is InChI=1S/C16H27N3O4S/c1-4-16(17,5-2)12-18-15(20)13-7-6-8-14(11-13)24(21,22)19-9-10-23-3/h6-8,11,19H,4-5,9-10,12,17H2,1-3H3,(H,18,20). The van der Waals surface area contributed by atoms with E-state index in [1.54, 1.807) is 6.07 Å². The summed E-state index contributed by atoms with van der Waals surface area (Å²) in [5.74, 6) is -0.347. The van der Waals surface area contributed by atoms with Gasteiger partial charge in [0.25, 0.3) is 5.91 Å². The summed E-state index contributed by atoms with van der Waals surface area (Å²) in [7, 11) is -2.19. The zero-order chi connectivity index (χ0) is 18.2. The maximum absolute atomic E-state index is 12.3. The Morgan fingerprint density at radius 3 is 2.54 bits per heavy atom. The molecule has 0 bridgehead atoms. The lowest BCUT2D eigenvalue weighted by Crippen LogP contribution is -2.49. The predicted molar refractivity (Wildman–Crippen MR) is 93.3 cm³/mol. The van der Waals surface area contributed by atoms with E-state index in [2.05, 4.69) is 10.0 Å². The minimum atomic E-state index is -3.68. The Kier molecular flexibility index (Phi) is 7.82. The zero-order valence-corrected chi connectivity index (χ0v) is 15.3. The molecule has 8 heteroatoms. The van der Waals surface area contributed by atoms with Crippen molar-refractivity contribution in [1.82, 2.24) is 10.0 Å². The van der Waals surface area contributed by atoms with Crippen LogP contribution < -0.4 is 15.8 Å². The van der Waals surface area contributed by atoms with Gasteiger partial charge in [-0.25, -0.2) is 13.1 Å². The molecule has 7 nitrogen and oxygen atoms in total. The van der Waals surface area contributed by atoms with E-state index in [1.807, 2.05) is 13.8 Å². The minimum Gasteiger partial charge on any atom is -0.383 e. The van der Waals surface area contributed by atoms with Gasteiger partial charge in [-0.15, -0.1) is 0 Å². The first kappa shape index (κ1) is 20.6. The van der Waals surface area contributed by atoms with Crippen LogP contribution in [0.5, 0.6) is 0 Å². The Morgan fingerprint density at radius 1 is 1.29 bits per heavy atom. The highest BCUT2D eigenvalue weighted by Gasteiger charge is 2.22. The van der Waals surface area contributed by atoms with Crippen molar-refractivity contribution in [3.63, 3.8) is 0 Å². The number of hydrogen-bond donors (Lipinski definition) is 3. The normalized spacial score (nSPS) is 12.2. The number of amides is 1. The highest BCUT2D eigenvalue weighted by Crippen LogP contribution is 2.13. The molecule has 0 atom stereocenters. The first-order valence-electron chi connectivity index (χ1n) is 7.93. The van der Waals surface area contributed by atoms with Gasteiger partial charge in [0.1, 0.15) is 0 Å². The molecule has 1 amide bonds. The third-order valence-corrected chi connectivity index (χ3v) is 5.47. The van der Waals surface area contributed by atoms with Crippen LogP contribution in [0.4, 0.5) is 0 Å². The lowest BCUT2D eigenvalue weighted by atomic mass is 9.94. The van der Waals surface area contributed by atoms with Gasteiger partial charge in [-0.05, 0) is 31.0 Å². The Labute approximate surface area is 144 Å². The molecule has 1 aromatic carbocycles. The summed E-state index contributed by atoms with van der Waals surface area (Å²) in [5.41, 5.74) is 5.98. The number of hydrogen-bond acceptors (Lipinski definition) is 5. The van der Waals surface area contributed by atoms with E-state index >= 15 is 0 Å². The van der Waals surface area contributed by atoms with Gasteiger partial charge in [0.05, 0.1) is 11.5 Å². The average molecular weight is 357 g/mol. The molecule has 4 N–H and O–H groups in total. The fourth-order valence-corrected chi connectivity index (χ4v) is 3.08. The first-order valence-corrected chi connectivity index (χ1v) is 9.42. The van der Waals surface area contributed by atoms with Gasteiger partial charge in [-0.2, -0.15) is 0 Å². The molecule has 0 saturated heterocycles.